The molecule has 8 nitrogen and oxygen atoms in total. The van der Waals surface area contributed by atoms with Crippen LogP contribution in [0.4, 0.5) is 0 Å². The number of allylic oxidation sites excluding steroid dienone is 2. The lowest BCUT2D eigenvalue weighted by Crippen LogP contribution is -2.61. The van der Waals surface area contributed by atoms with Gasteiger partial charge in [0.25, 0.3) is 0 Å². The van der Waals surface area contributed by atoms with E-state index in [2.05, 4.69) is 20.1 Å². The normalized spacial score (nSPS) is 35.1. The summed E-state index contributed by atoms with van der Waals surface area (Å²) < 4.78 is 22.8. The molecular formula is C28H38O8. The maximum atomic E-state index is 14.0. The maximum Gasteiger partial charge on any atom is 0.306 e. The first-order chi connectivity index (χ1) is 16.9. The summed E-state index contributed by atoms with van der Waals surface area (Å²) in [7, 11) is 0. The molecule has 2 aliphatic carbocycles. The third-order valence-electron chi connectivity index (χ3n) is 8.16. The van der Waals surface area contributed by atoms with E-state index in [4.69, 9.17) is 18.9 Å². The Hall–Kier alpha value is -2.74. The van der Waals surface area contributed by atoms with Crippen LogP contribution >= 0.6 is 0 Å². The smallest absolute Gasteiger partial charge is 0.306 e. The van der Waals surface area contributed by atoms with Crippen LogP contribution < -0.4 is 0 Å². The molecule has 0 aromatic carbocycles. The van der Waals surface area contributed by atoms with Gasteiger partial charge in [-0.2, -0.15) is 0 Å². The first kappa shape index (κ1) is 27.8. The Morgan fingerprint density at radius 1 is 1.17 bits per heavy atom. The second kappa shape index (κ2) is 10.7. The van der Waals surface area contributed by atoms with Gasteiger partial charge in [-0.15, -0.1) is 0 Å². The lowest BCUT2D eigenvalue weighted by molar-refractivity contribution is -0.231. The number of ether oxygens (including phenoxy) is 4. The van der Waals surface area contributed by atoms with Crippen LogP contribution in [0.25, 0.3) is 0 Å². The van der Waals surface area contributed by atoms with Crippen molar-refractivity contribution in [2.24, 2.45) is 22.7 Å². The third-order valence-corrected chi connectivity index (χ3v) is 8.16. The predicted molar refractivity (Wildman–Crippen MR) is 131 cm³/mol. The van der Waals surface area contributed by atoms with Gasteiger partial charge in [-0.25, -0.2) is 0 Å². The first-order valence-electron chi connectivity index (χ1n) is 12.6. The third kappa shape index (κ3) is 4.92. The van der Waals surface area contributed by atoms with Crippen molar-refractivity contribution in [2.45, 2.75) is 91.8 Å². The Morgan fingerprint density at radius 2 is 1.83 bits per heavy atom. The van der Waals surface area contributed by atoms with Gasteiger partial charge in [-0.05, 0) is 49.0 Å². The van der Waals surface area contributed by atoms with Gasteiger partial charge in [0.1, 0.15) is 17.3 Å². The molecule has 3 aliphatic rings. The standard InChI is InChI=1S/C28H38O8/c1-8-10-24(32)35-20-14-21-25(33-18(5)29)36-26(34-19(6)30)28(21)22(15-20)27(7,12-11-16(3)9-2)17(4)13-23(28)31/h9,14,17,20,22,25-26H,2-3,8,10-13,15H2,1,4-7H3/t17?,20-,22?,25-,26+,27?,28?/m0/s1. The average Bonchev–Trinajstić information content (AvgIpc) is 3.08. The molecule has 8 heteroatoms. The van der Waals surface area contributed by atoms with E-state index in [0.29, 0.717) is 31.3 Å². The molecule has 198 valence electrons. The number of carbonyl (C=O) groups is 4. The highest BCUT2D eigenvalue weighted by atomic mass is 16.8. The zero-order valence-electron chi connectivity index (χ0n) is 22.0. The molecule has 1 heterocycles. The Bertz CT molecular complexity index is 980. The first-order valence-corrected chi connectivity index (χ1v) is 12.6. The molecule has 1 aliphatic heterocycles. The van der Waals surface area contributed by atoms with Crippen molar-refractivity contribution in [3.8, 4) is 0 Å². The lowest BCUT2D eigenvalue weighted by atomic mass is 9.45. The lowest BCUT2D eigenvalue weighted by Gasteiger charge is -2.57. The van der Waals surface area contributed by atoms with E-state index in [1.165, 1.54) is 13.8 Å². The predicted octanol–water partition coefficient (Wildman–Crippen LogP) is 4.58. The molecule has 0 N–H and O–H groups in total. The van der Waals surface area contributed by atoms with Crippen LogP contribution in [-0.4, -0.2) is 42.4 Å². The fraction of sp³-hybridized carbons (Fsp3) is 0.643. The Morgan fingerprint density at radius 3 is 2.42 bits per heavy atom. The summed E-state index contributed by atoms with van der Waals surface area (Å²) in [5.41, 5.74) is -0.526. The molecule has 36 heavy (non-hydrogen) atoms. The minimum Gasteiger partial charge on any atom is -0.458 e. The second-order valence-electron chi connectivity index (χ2n) is 10.5. The highest BCUT2D eigenvalue weighted by molar-refractivity contribution is 5.92. The van der Waals surface area contributed by atoms with Gasteiger partial charge < -0.3 is 14.2 Å². The Labute approximate surface area is 213 Å². The van der Waals surface area contributed by atoms with E-state index in [9.17, 15) is 19.2 Å². The average molecular weight is 503 g/mol. The number of hydrogen-bond donors (Lipinski definition) is 0. The minimum absolute atomic E-state index is 0.0182. The van der Waals surface area contributed by atoms with E-state index in [-0.39, 0.29) is 30.5 Å². The molecule has 2 fully saturated rings. The summed E-state index contributed by atoms with van der Waals surface area (Å²) >= 11 is 0. The van der Waals surface area contributed by atoms with Gasteiger partial charge in [0.2, 0.25) is 12.6 Å². The van der Waals surface area contributed by atoms with Crippen molar-refractivity contribution in [3.63, 3.8) is 0 Å². The summed E-state index contributed by atoms with van der Waals surface area (Å²) in [5, 5.41) is 0. The zero-order valence-corrected chi connectivity index (χ0v) is 22.0. The Kier molecular flexibility index (Phi) is 8.28. The maximum absolute atomic E-state index is 14.0. The van der Waals surface area contributed by atoms with Crippen LogP contribution in [0.3, 0.4) is 0 Å². The van der Waals surface area contributed by atoms with Crippen LogP contribution in [0.5, 0.6) is 0 Å². The summed E-state index contributed by atoms with van der Waals surface area (Å²) in [4.78, 5) is 50.5. The number of ketones is 1. The van der Waals surface area contributed by atoms with Crippen molar-refractivity contribution in [3.05, 3.63) is 36.5 Å². The van der Waals surface area contributed by atoms with E-state index in [1.807, 2.05) is 13.8 Å². The molecule has 0 amide bonds. The molecule has 1 saturated heterocycles. The van der Waals surface area contributed by atoms with Gasteiger partial charge in [0.15, 0.2) is 0 Å². The van der Waals surface area contributed by atoms with Gasteiger partial charge in [-0.3, -0.25) is 23.9 Å². The van der Waals surface area contributed by atoms with Gasteiger partial charge >= 0.3 is 17.9 Å². The van der Waals surface area contributed by atoms with Gasteiger partial charge in [-0.1, -0.05) is 45.6 Å². The van der Waals surface area contributed by atoms with Crippen LogP contribution in [-0.2, 0) is 38.1 Å². The summed E-state index contributed by atoms with van der Waals surface area (Å²) in [6.07, 6.45) is 3.09. The molecule has 1 saturated carbocycles. The molecule has 0 radical (unpaired) electrons. The number of hydrogen-bond acceptors (Lipinski definition) is 8. The highest BCUT2D eigenvalue weighted by Gasteiger charge is 2.71. The number of rotatable bonds is 9. The largest absolute Gasteiger partial charge is 0.458 e. The monoisotopic (exact) mass is 502 g/mol. The van der Waals surface area contributed by atoms with Crippen molar-refractivity contribution < 1.29 is 38.1 Å². The molecule has 0 aromatic heterocycles. The SMILES string of the molecule is C=CC(=C)CCC1(C)C(C)CC(=O)C23C(=C[C@H](OC(=O)CCC)CC12)[C@@H](OC(C)=O)O[C@H]3OC(C)=O. The molecular weight excluding hydrogens is 464 g/mol. The van der Waals surface area contributed by atoms with Crippen molar-refractivity contribution >= 4 is 23.7 Å². The summed E-state index contributed by atoms with van der Waals surface area (Å²) in [5.74, 6) is -2.13. The van der Waals surface area contributed by atoms with Crippen molar-refractivity contribution in [2.75, 3.05) is 0 Å². The van der Waals surface area contributed by atoms with E-state index < -0.39 is 47.4 Å². The van der Waals surface area contributed by atoms with Crippen LogP contribution in [0, 0.1) is 22.7 Å². The number of esters is 3. The molecule has 4 unspecified atom stereocenters. The van der Waals surface area contributed by atoms with Crippen molar-refractivity contribution in [1.29, 1.82) is 0 Å². The quantitative estimate of drug-likeness (QED) is 0.195. The molecule has 0 aromatic rings. The van der Waals surface area contributed by atoms with Gasteiger partial charge in [0, 0.05) is 32.3 Å². The second-order valence-corrected chi connectivity index (χ2v) is 10.5. The van der Waals surface area contributed by atoms with Crippen LogP contribution in [0.1, 0.15) is 73.1 Å². The number of Topliss-reactive ketones (excluding diaryl/α,β-unsaturated/α-hetero) is 1. The summed E-state index contributed by atoms with van der Waals surface area (Å²) in [6.45, 7) is 16.4. The van der Waals surface area contributed by atoms with E-state index >= 15 is 0 Å². The highest BCUT2D eigenvalue weighted by Crippen LogP contribution is 2.66. The number of carbonyl (C=O) groups excluding carboxylic acids is 4. The molecule has 1 spiro atoms. The van der Waals surface area contributed by atoms with Crippen LogP contribution in [0.15, 0.2) is 36.5 Å². The van der Waals surface area contributed by atoms with Crippen molar-refractivity contribution in [1.82, 2.24) is 0 Å². The zero-order chi connectivity index (χ0) is 26.8. The van der Waals surface area contributed by atoms with Gasteiger partial charge in [0.05, 0.1) is 0 Å². The molecule has 7 atom stereocenters. The summed E-state index contributed by atoms with van der Waals surface area (Å²) in [6, 6.07) is 0. The molecule has 3 rings (SSSR count). The minimum atomic E-state index is -1.35. The molecule has 0 bridgehead atoms. The fourth-order valence-corrected chi connectivity index (χ4v) is 6.17. The Balaban J connectivity index is 2.19. The topological polar surface area (TPSA) is 105 Å². The van der Waals surface area contributed by atoms with E-state index in [0.717, 1.165) is 5.57 Å². The van der Waals surface area contributed by atoms with Crippen LogP contribution in [0.2, 0.25) is 0 Å². The fourth-order valence-electron chi connectivity index (χ4n) is 6.17. The van der Waals surface area contributed by atoms with E-state index in [1.54, 1.807) is 12.2 Å².